The highest BCUT2D eigenvalue weighted by Gasteiger charge is 2.19. The number of carboxylic acids is 1. The third-order valence-corrected chi connectivity index (χ3v) is 3.17. The highest BCUT2D eigenvalue weighted by Crippen LogP contribution is 2.33. The summed E-state index contributed by atoms with van der Waals surface area (Å²) in [6.07, 6.45) is 4.01. The van der Waals surface area contributed by atoms with Gasteiger partial charge in [-0.3, -0.25) is 15.1 Å². The Kier molecular flexibility index (Phi) is 5.09. The molecule has 126 valence electrons. The van der Waals surface area contributed by atoms with Crippen LogP contribution in [0, 0.1) is 10.1 Å². The van der Waals surface area contributed by atoms with Gasteiger partial charge in [0.1, 0.15) is 0 Å². The van der Waals surface area contributed by atoms with E-state index < -0.39 is 16.9 Å². The number of nitro groups is 1. The number of aliphatic carboxylic acids is 1. The molecule has 1 aromatic heterocycles. The molecule has 0 aliphatic carbocycles. The molecule has 3 N–H and O–H groups in total. The molecular weight excluding hydrogens is 320 g/mol. The molecule has 1 atom stereocenters. The van der Waals surface area contributed by atoms with Crippen molar-refractivity contribution in [3.8, 4) is 11.5 Å². The highest BCUT2D eigenvalue weighted by molar-refractivity contribution is 5.88. The minimum atomic E-state index is -1.18. The summed E-state index contributed by atoms with van der Waals surface area (Å²) in [7, 11) is 1.25. The number of hydrogen-bond acceptors (Lipinski definition) is 7. The van der Waals surface area contributed by atoms with Crippen LogP contribution in [-0.4, -0.2) is 50.4 Å². The molecule has 1 unspecified atom stereocenters. The molecule has 0 bridgehead atoms. The molecular formula is C14H14N4O6. The molecule has 2 rings (SSSR count). The normalized spacial score (nSPS) is 12.2. The third kappa shape index (κ3) is 3.85. The van der Waals surface area contributed by atoms with Crippen LogP contribution in [0.5, 0.6) is 11.5 Å². The molecule has 1 heterocycles. The van der Waals surface area contributed by atoms with E-state index in [9.17, 15) is 25.1 Å². The van der Waals surface area contributed by atoms with Gasteiger partial charge in [0.05, 0.1) is 24.4 Å². The molecule has 0 aliphatic heterocycles. The molecule has 1 aromatic carbocycles. The van der Waals surface area contributed by atoms with Crippen LogP contribution in [0.25, 0.3) is 0 Å². The number of phenols is 1. The average Bonchev–Trinajstić information content (AvgIpc) is 3.05. The Morgan fingerprint density at radius 2 is 2.33 bits per heavy atom. The number of nitro benzene ring substituents is 1. The number of nitrogens with one attached hydrogen (secondary N) is 1. The second kappa shape index (κ2) is 7.22. The summed E-state index contributed by atoms with van der Waals surface area (Å²) >= 11 is 0. The first-order valence-electron chi connectivity index (χ1n) is 6.71. The van der Waals surface area contributed by atoms with E-state index in [1.54, 1.807) is 0 Å². The molecule has 2 aromatic rings. The van der Waals surface area contributed by atoms with Crippen molar-refractivity contribution in [2.75, 3.05) is 7.11 Å². The first kappa shape index (κ1) is 16.9. The maximum absolute atomic E-state index is 11.3. The number of methoxy groups -OCH3 is 1. The Morgan fingerprint density at radius 3 is 2.88 bits per heavy atom. The number of hydrogen-bond donors (Lipinski definition) is 3. The van der Waals surface area contributed by atoms with E-state index in [-0.39, 0.29) is 29.2 Å². The second-order valence-electron chi connectivity index (χ2n) is 4.76. The summed E-state index contributed by atoms with van der Waals surface area (Å²) in [4.78, 5) is 32.0. The molecule has 10 nitrogen and oxygen atoms in total. The fourth-order valence-electron chi connectivity index (χ4n) is 1.95. The van der Waals surface area contributed by atoms with Crippen molar-refractivity contribution >= 4 is 17.9 Å². The number of carboxylic acid groups (broad SMARTS) is 1. The van der Waals surface area contributed by atoms with Crippen LogP contribution in [0.1, 0.15) is 11.3 Å². The predicted octanol–water partition coefficient (Wildman–Crippen LogP) is 1.15. The van der Waals surface area contributed by atoms with E-state index in [2.05, 4.69) is 15.0 Å². The Hall–Kier alpha value is -3.43. The van der Waals surface area contributed by atoms with Crippen molar-refractivity contribution in [3.05, 3.63) is 46.0 Å². The van der Waals surface area contributed by atoms with Gasteiger partial charge < -0.3 is 19.9 Å². The lowest BCUT2D eigenvalue weighted by Gasteiger charge is -2.08. The molecule has 0 aliphatic rings. The van der Waals surface area contributed by atoms with E-state index in [1.165, 1.54) is 19.6 Å². The molecule has 10 heteroatoms. The Morgan fingerprint density at radius 1 is 1.58 bits per heavy atom. The second-order valence-corrected chi connectivity index (χ2v) is 4.76. The van der Waals surface area contributed by atoms with Crippen LogP contribution in [0.3, 0.4) is 0 Å². The van der Waals surface area contributed by atoms with Crippen LogP contribution >= 0.6 is 0 Å². The number of nitrogens with zero attached hydrogens (tertiary/aromatic N) is 3. The van der Waals surface area contributed by atoms with Crippen molar-refractivity contribution in [3.63, 3.8) is 0 Å². The third-order valence-electron chi connectivity index (χ3n) is 3.17. The zero-order valence-electron chi connectivity index (χ0n) is 12.5. The number of aliphatic imine (C=N–C) groups is 1. The van der Waals surface area contributed by atoms with Crippen LogP contribution in [-0.2, 0) is 11.2 Å². The van der Waals surface area contributed by atoms with Crippen molar-refractivity contribution in [1.82, 2.24) is 9.97 Å². The number of ether oxygens (including phenoxy) is 1. The largest absolute Gasteiger partial charge is 0.504 e. The van der Waals surface area contributed by atoms with E-state index in [0.29, 0.717) is 5.69 Å². The highest BCUT2D eigenvalue weighted by atomic mass is 16.6. The number of rotatable bonds is 7. The van der Waals surface area contributed by atoms with Crippen LogP contribution in [0.2, 0.25) is 0 Å². The zero-order valence-corrected chi connectivity index (χ0v) is 12.5. The maximum Gasteiger partial charge on any atom is 0.328 e. The first-order chi connectivity index (χ1) is 11.4. The number of phenolic OH excluding ortho intramolecular Hbond substituents is 1. The number of non-ortho nitro benzene ring substituents is 1. The summed E-state index contributed by atoms with van der Waals surface area (Å²) in [6, 6.07) is 0.998. The summed E-state index contributed by atoms with van der Waals surface area (Å²) in [5.74, 6) is -1.65. The smallest absolute Gasteiger partial charge is 0.328 e. The lowest BCUT2D eigenvalue weighted by atomic mass is 10.1. The molecule has 0 spiro atoms. The van der Waals surface area contributed by atoms with Gasteiger partial charge in [-0.25, -0.2) is 9.78 Å². The number of H-pyrrole nitrogens is 1. The molecule has 0 radical (unpaired) electrons. The van der Waals surface area contributed by atoms with Gasteiger partial charge in [0.25, 0.3) is 5.69 Å². The molecule has 0 saturated carbocycles. The SMILES string of the molecule is COc1cc([N+](=O)[O-])cc(C=NC(Cc2cnc[nH]2)C(=O)O)c1O. The quantitative estimate of drug-likeness (QED) is 0.390. The summed E-state index contributed by atoms with van der Waals surface area (Å²) in [5, 5.41) is 30.1. The monoisotopic (exact) mass is 334 g/mol. The predicted molar refractivity (Wildman–Crippen MR) is 82.6 cm³/mol. The van der Waals surface area contributed by atoms with Crippen molar-refractivity contribution in [1.29, 1.82) is 0 Å². The lowest BCUT2D eigenvalue weighted by molar-refractivity contribution is -0.385. The van der Waals surface area contributed by atoms with Gasteiger partial charge in [0.15, 0.2) is 17.5 Å². The van der Waals surface area contributed by atoms with Crippen molar-refractivity contribution in [2.45, 2.75) is 12.5 Å². The Bertz CT molecular complexity index is 772. The Balaban J connectivity index is 2.32. The van der Waals surface area contributed by atoms with E-state index in [1.807, 2.05) is 0 Å². The number of aromatic hydroxyl groups is 1. The van der Waals surface area contributed by atoms with E-state index >= 15 is 0 Å². The molecule has 0 amide bonds. The van der Waals surface area contributed by atoms with E-state index in [0.717, 1.165) is 18.3 Å². The van der Waals surface area contributed by atoms with Gasteiger partial charge in [-0.05, 0) is 0 Å². The number of imidazole rings is 1. The van der Waals surface area contributed by atoms with Crippen molar-refractivity contribution < 1.29 is 24.7 Å². The molecule has 0 fully saturated rings. The summed E-state index contributed by atoms with van der Waals surface area (Å²) in [5.41, 5.74) is 0.240. The first-order valence-corrected chi connectivity index (χ1v) is 6.71. The van der Waals surface area contributed by atoms with Gasteiger partial charge in [-0.15, -0.1) is 0 Å². The zero-order chi connectivity index (χ0) is 17.7. The van der Waals surface area contributed by atoms with Crippen molar-refractivity contribution in [2.24, 2.45) is 4.99 Å². The van der Waals surface area contributed by atoms with Gasteiger partial charge in [-0.1, -0.05) is 0 Å². The van der Waals surface area contributed by atoms with Gasteiger partial charge in [-0.2, -0.15) is 0 Å². The minimum Gasteiger partial charge on any atom is -0.504 e. The molecule has 24 heavy (non-hydrogen) atoms. The topological polar surface area (TPSA) is 151 Å². The number of aromatic nitrogens is 2. The van der Waals surface area contributed by atoms with Crippen LogP contribution in [0.15, 0.2) is 29.6 Å². The lowest BCUT2D eigenvalue weighted by Crippen LogP contribution is -2.21. The standard InChI is InChI=1S/C14H14N4O6/c1-24-12-4-10(18(22)23)2-8(13(12)19)5-16-11(14(20)21)3-9-6-15-7-17-9/h2,4-7,11,19H,3H2,1H3,(H,15,17)(H,20,21). The van der Waals surface area contributed by atoms with E-state index in [4.69, 9.17) is 4.74 Å². The van der Waals surface area contributed by atoms with Gasteiger partial charge >= 0.3 is 5.97 Å². The number of aromatic amines is 1. The fraction of sp³-hybridized carbons (Fsp3) is 0.214. The van der Waals surface area contributed by atoms with Crippen LogP contribution in [0.4, 0.5) is 5.69 Å². The summed E-state index contributed by atoms with van der Waals surface area (Å²) < 4.78 is 4.87. The maximum atomic E-state index is 11.3. The fourth-order valence-corrected chi connectivity index (χ4v) is 1.95. The molecule has 0 saturated heterocycles. The average molecular weight is 334 g/mol. The summed E-state index contributed by atoms with van der Waals surface area (Å²) in [6.45, 7) is 0. The van der Waals surface area contributed by atoms with Gasteiger partial charge in [0.2, 0.25) is 0 Å². The minimum absolute atomic E-state index is 0.0167. The number of carbonyl (C=O) groups is 1. The number of benzene rings is 1. The van der Waals surface area contributed by atoms with Gasteiger partial charge in [0, 0.05) is 36.2 Å². The Labute approximate surface area is 135 Å². The van der Waals surface area contributed by atoms with Crippen LogP contribution < -0.4 is 4.74 Å².